The molecule has 0 amide bonds. The van der Waals surface area contributed by atoms with Crippen molar-refractivity contribution in [2.24, 2.45) is 11.3 Å². The molecule has 0 radical (unpaired) electrons. The van der Waals surface area contributed by atoms with E-state index in [1.54, 1.807) is 0 Å². The van der Waals surface area contributed by atoms with Crippen LogP contribution in [0.3, 0.4) is 0 Å². The summed E-state index contributed by atoms with van der Waals surface area (Å²) in [5, 5.41) is 8.80. The van der Waals surface area contributed by atoms with Crippen LogP contribution in [0.2, 0.25) is 0 Å². The van der Waals surface area contributed by atoms with Crippen LogP contribution in [0.1, 0.15) is 20.8 Å². The first-order valence-corrected chi connectivity index (χ1v) is 3.11. The predicted molar refractivity (Wildman–Crippen MR) is 38.9 cm³/mol. The lowest BCUT2D eigenvalue weighted by Crippen LogP contribution is -2.24. The first kappa shape index (κ1) is 8.52. The van der Waals surface area contributed by atoms with Crippen LogP contribution in [0.5, 0.6) is 0 Å². The molecule has 0 heterocycles. The zero-order chi connectivity index (χ0) is 7.49. The molecule has 52 valence electrons. The molecule has 9 heavy (non-hydrogen) atoms. The highest BCUT2D eigenvalue weighted by molar-refractivity contribution is 4.97. The molecule has 0 saturated carbocycles. The second-order valence-electron chi connectivity index (χ2n) is 3.04. The summed E-state index contributed by atoms with van der Waals surface area (Å²) >= 11 is 0. The maximum absolute atomic E-state index is 8.80. The van der Waals surface area contributed by atoms with E-state index in [1.165, 1.54) is 0 Å². The molecular formula is C8H14O. The molecule has 0 aromatic carbocycles. The number of aliphatic hydroxyl groups is 1. The Bertz CT molecular complexity index is 119. The van der Waals surface area contributed by atoms with Gasteiger partial charge in [-0.15, -0.1) is 12.3 Å². The normalized spacial score (nSPS) is 14.6. The lowest BCUT2D eigenvalue weighted by molar-refractivity contribution is 0.129. The fourth-order valence-corrected chi connectivity index (χ4v) is 0.363. The van der Waals surface area contributed by atoms with Crippen molar-refractivity contribution < 1.29 is 5.11 Å². The first-order chi connectivity index (χ1) is 4.04. The Morgan fingerprint density at radius 2 is 2.11 bits per heavy atom. The molecule has 1 atom stereocenters. The van der Waals surface area contributed by atoms with E-state index < -0.39 is 0 Å². The molecule has 1 heteroatoms. The molecule has 1 nitrogen and oxygen atoms in total. The van der Waals surface area contributed by atoms with Crippen molar-refractivity contribution in [3.05, 3.63) is 0 Å². The van der Waals surface area contributed by atoms with Crippen LogP contribution >= 0.6 is 0 Å². The van der Waals surface area contributed by atoms with E-state index in [1.807, 2.05) is 20.8 Å². The molecular weight excluding hydrogens is 112 g/mol. The number of hydrogen-bond acceptors (Lipinski definition) is 1. The monoisotopic (exact) mass is 126 g/mol. The molecule has 0 bridgehead atoms. The van der Waals surface area contributed by atoms with Gasteiger partial charge in [-0.25, -0.2) is 0 Å². The largest absolute Gasteiger partial charge is 0.396 e. The van der Waals surface area contributed by atoms with Gasteiger partial charge >= 0.3 is 0 Å². The first-order valence-electron chi connectivity index (χ1n) is 3.11. The van der Waals surface area contributed by atoms with E-state index in [0.717, 1.165) is 0 Å². The van der Waals surface area contributed by atoms with Gasteiger partial charge in [-0.2, -0.15) is 0 Å². The van der Waals surface area contributed by atoms with Crippen LogP contribution in [0.25, 0.3) is 0 Å². The van der Waals surface area contributed by atoms with Crippen molar-refractivity contribution in [1.29, 1.82) is 0 Å². The Morgan fingerprint density at radius 1 is 1.67 bits per heavy atom. The Hall–Kier alpha value is -0.480. The predicted octanol–water partition coefficient (Wildman–Crippen LogP) is 1.27. The summed E-state index contributed by atoms with van der Waals surface area (Å²) in [7, 11) is 0. The summed E-state index contributed by atoms with van der Waals surface area (Å²) in [5.41, 5.74) is -0.130. The third kappa shape index (κ3) is 2.07. The van der Waals surface area contributed by atoms with E-state index >= 15 is 0 Å². The van der Waals surface area contributed by atoms with Gasteiger partial charge in [0.1, 0.15) is 0 Å². The molecule has 0 aliphatic rings. The van der Waals surface area contributed by atoms with Crippen molar-refractivity contribution >= 4 is 0 Å². The molecule has 1 N–H and O–H groups in total. The van der Waals surface area contributed by atoms with Gasteiger partial charge < -0.3 is 5.11 Å². The quantitative estimate of drug-likeness (QED) is 0.552. The van der Waals surface area contributed by atoms with E-state index in [0.29, 0.717) is 0 Å². The number of rotatable bonds is 2. The van der Waals surface area contributed by atoms with Gasteiger partial charge in [0.15, 0.2) is 0 Å². The van der Waals surface area contributed by atoms with Crippen molar-refractivity contribution in [3.8, 4) is 12.3 Å². The molecule has 1 unspecified atom stereocenters. The number of hydrogen-bond donors (Lipinski definition) is 1. The third-order valence-corrected chi connectivity index (χ3v) is 1.83. The molecule has 0 aliphatic carbocycles. The fourth-order valence-electron chi connectivity index (χ4n) is 0.363. The maximum Gasteiger partial charge on any atom is 0.0493 e. The van der Waals surface area contributed by atoms with Crippen molar-refractivity contribution in [2.45, 2.75) is 20.8 Å². The highest BCUT2D eigenvalue weighted by Crippen LogP contribution is 2.24. The van der Waals surface area contributed by atoms with Crippen LogP contribution in [0, 0.1) is 23.7 Å². The Morgan fingerprint density at radius 3 is 2.22 bits per heavy atom. The lowest BCUT2D eigenvalue weighted by atomic mass is 9.81. The van der Waals surface area contributed by atoms with Crippen LogP contribution in [-0.2, 0) is 0 Å². The summed E-state index contributed by atoms with van der Waals surface area (Å²) < 4.78 is 0. The molecule has 0 fully saturated rings. The van der Waals surface area contributed by atoms with Gasteiger partial charge in [-0.1, -0.05) is 20.8 Å². The van der Waals surface area contributed by atoms with Crippen molar-refractivity contribution in [1.82, 2.24) is 0 Å². The van der Waals surface area contributed by atoms with Gasteiger partial charge in [0.25, 0.3) is 0 Å². The summed E-state index contributed by atoms with van der Waals surface area (Å²) in [4.78, 5) is 0. The summed E-state index contributed by atoms with van der Waals surface area (Å²) in [6.07, 6.45) is 5.17. The summed E-state index contributed by atoms with van der Waals surface area (Å²) in [6.45, 7) is 6.00. The molecule has 0 saturated heterocycles. The minimum Gasteiger partial charge on any atom is -0.396 e. The van der Waals surface area contributed by atoms with Gasteiger partial charge in [0.2, 0.25) is 0 Å². The summed E-state index contributed by atoms with van der Waals surface area (Å²) in [6, 6.07) is 0. The van der Waals surface area contributed by atoms with Crippen LogP contribution in [-0.4, -0.2) is 11.7 Å². The molecule has 0 spiro atoms. The van der Waals surface area contributed by atoms with Gasteiger partial charge in [0, 0.05) is 17.9 Å². The van der Waals surface area contributed by atoms with Gasteiger partial charge in [-0.3, -0.25) is 0 Å². The highest BCUT2D eigenvalue weighted by Gasteiger charge is 2.22. The van der Waals surface area contributed by atoms with Crippen LogP contribution in [0.4, 0.5) is 0 Å². The maximum atomic E-state index is 8.80. The average molecular weight is 126 g/mol. The molecule has 0 aromatic heterocycles. The number of terminal acetylenes is 1. The second-order valence-corrected chi connectivity index (χ2v) is 3.04. The zero-order valence-electron chi connectivity index (χ0n) is 6.31. The number of aliphatic hydroxyl groups excluding tert-OH is 1. The topological polar surface area (TPSA) is 20.2 Å². The minimum atomic E-state index is -0.130. The SMILES string of the molecule is C#CC(C)C(C)(C)CO. The average Bonchev–Trinajstić information content (AvgIpc) is 1.86. The van der Waals surface area contributed by atoms with Gasteiger partial charge in [0.05, 0.1) is 0 Å². The van der Waals surface area contributed by atoms with Crippen molar-refractivity contribution in [2.75, 3.05) is 6.61 Å². The van der Waals surface area contributed by atoms with Crippen molar-refractivity contribution in [3.63, 3.8) is 0 Å². The van der Waals surface area contributed by atoms with E-state index in [-0.39, 0.29) is 17.9 Å². The standard InChI is InChI=1S/C8H14O/c1-5-7(2)8(3,4)6-9/h1,7,9H,6H2,2-4H3. The zero-order valence-corrected chi connectivity index (χ0v) is 6.31. The van der Waals surface area contributed by atoms with Gasteiger partial charge in [-0.05, 0) is 0 Å². The smallest absolute Gasteiger partial charge is 0.0493 e. The van der Waals surface area contributed by atoms with E-state index in [4.69, 9.17) is 11.5 Å². The highest BCUT2D eigenvalue weighted by atomic mass is 16.3. The second kappa shape index (κ2) is 2.89. The summed E-state index contributed by atoms with van der Waals surface area (Å²) in [5.74, 6) is 2.74. The Kier molecular flexibility index (Phi) is 2.73. The Balaban J connectivity index is 4.01. The molecule has 0 aliphatic heterocycles. The van der Waals surface area contributed by atoms with Crippen LogP contribution in [0.15, 0.2) is 0 Å². The molecule has 0 aromatic rings. The Labute approximate surface area is 57.1 Å². The van der Waals surface area contributed by atoms with Crippen LogP contribution < -0.4 is 0 Å². The fraction of sp³-hybridized carbons (Fsp3) is 0.750. The lowest BCUT2D eigenvalue weighted by Gasteiger charge is -2.24. The van der Waals surface area contributed by atoms with E-state index in [9.17, 15) is 0 Å². The van der Waals surface area contributed by atoms with E-state index in [2.05, 4.69) is 5.92 Å². The third-order valence-electron chi connectivity index (χ3n) is 1.83. The minimum absolute atomic E-state index is 0.130. The molecule has 0 rings (SSSR count).